The quantitative estimate of drug-likeness (QED) is 0.0224. The number of nitrogens with zero attached hydrogens (tertiary/aromatic N) is 3. The van der Waals surface area contributed by atoms with Crippen LogP contribution < -0.4 is 38.1 Å². The number of carbonyl (C=O) groups excluding carboxylic acids is 6. The van der Waals surface area contributed by atoms with Crippen molar-refractivity contribution in [1.82, 2.24) is 26.6 Å². The van der Waals surface area contributed by atoms with Crippen LogP contribution in [0.25, 0.3) is 10.4 Å². The number of hydrogen-bond acceptors (Lipinski definition) is 11. The summed E-state index contributed by atoms with van der Waals surface area (Å²) < 4.78 is 5.25. The second-order valence-electron chi connectivity index (χ2n) is 12.1. The Bertz CT molecular complexity index is 1170. The van der Waals surface area contributed by atoms with Gasteiger partial charge in [-0.1, -0.05) is 39.5 Å². The van der Waals surface area contributed by atoms with Crippen molar-refractivity contribution < 1.29 is 33.5 Å². The molecule has 2 rings (SSSR count). The molecule has 7 amide bonds. The second kappa shape index (κ2) is 20.2. The molecule has 2 fully saturated rings. The van der Waals surface area contributed by atoms with Crippen LogP contribution in [0.3, 0.4) is 0 Å². The molecule has 2 saturated heterocycles. The van der Waals surface area contributed by atoms with E-state index in [0.717, 1.165) is 29.4 Å². The first kappa shape index (κ1) is 40.0. The number of amides is 7. The van der Waals surface area contributed by atoms with Crippen LogP contribution >= 0.6 is 33.3 Å². The Kier molecular flexibility index (Phi) is 17.2. The zero-order chi connectivity index (χ0) is 35.0. The van der Waals surface area contributed by atoms with Gasteiger partial charge in [-0.3, -0.25) is 19.2 Å². The highest BCUT2D eigenvalue weighted by Gasteiger charge is 2.42. The molecule has 47 heavy (non-hydrogen) atoms. The maximum Gasteiger partial charge on any atom is 0.408 e. The van der Waals surface area contributed by atoms with Gasteiger partial charge >= 0.3 is 12.1 Å². The van der Waals surface area contributed by atoms with Crippen LogP contribution in [0, 0.1) is 0 Å². The standard InChI is InChI=1S/C27H46N10O7S3/c1-27(2,3)44-26(43)35-15(8-6-7-11-31-37-30)24(41)33-18(23(29)40)14-47-46-13-17(22(28)39)32-20(38)10-5-4-9-19-21-16(12-45-19)34-25(42)36-21/h15-19,21H,4-14H2,1-3H3,(H2,28,39)(H2,29,40)(H,32,38)(H,33,41)(H,35,43)(H2,34,36,42)/t15-,16-,17+,18+,19-,21-/m0/s1. The highest BCUT2D eigenvalue weighted by molar-refractivity contribution is 8.76. The van der Waals surface area contributed by atoms with Gasteiger partial charge in [0.15, 0.2) is 0 Å². The molecule has 20 heteroatoms. The monoisotopic (exact) mass is 718 g/mol. The van der Waals surface area contributed by atoms with Crippen LogP contribution in [0.2, 0.25) is 0 Å². The first-order valence-electron chi connectivity index (χ1n) is 15.3. The van der Waals surface area contributed by atoms with Crippen LogP contribution in [0.1, 0.15) is 65.7 Å². The van der Waals surface area contributed by atoms with Crippen molar-refractivity contribution in [2.45, 2.75) is 107 Å². The van der Waals surface area contributed by atoms with E-state index in [-0.39, 0.29) is 54.9 Å². The fourth-order valence-corrected chi connectivity index (χ4v) is 8.63. The van der Waals surface area contributed by atoms with Gasteiger partial charge in [0.2, 0.25) is 23.6 Å². The molecular formula is C27H46N10O7S3. The topological polar surface area (TPSA) is 273 Å². The number of alkyl carbamates (subject to hydrolysis) is 1. The molecule has 2 aliphatic heterocycles. The summed E-state index contributed by atoms with van der Waals surface area (Å²) in [5, 5.41) is 17.3. The van der Waals surface area contributed by atoms with Crippen molar-refractivity contribution in [3.8, 4) is 0 Å². The fourth-order valence-electron chi connectivity index (χ4n) is 4.73. The van der Waals surface area contributed by atoms with Crippen LogP contribution in [0.5, 0.6) is 0 Å². The van der Waals surface area contributed by atoms with Crippen LogP contribution in [-0.2, 0) is 23.9 Å². The SMILES string of the molecule is CC(C)(C)OC(=O)N[C@@H](CCCCN=[N+]=[N-])C(=O)N[C@H](CSSC[C@@H](NC(=O)CCCC[C@@H]1SC[C@@H]2NC(=O)N[C@@H]21)C(N)=O)C(N)=O. The second-order valence-corrected chi connectivity index (χ2v) is 15.9. The number of urea groups is 1. The van der Waals surface area contributed by atoms with E-state index in [2.05, 4.69) is 36.6 Å². The van der Waals surface area contributed by atoms with E-state index in [4.69, 9.17) is 21.7 Å². The van der Waals surface area contributed by atoms with E-state index in [1.165, 1.54) is 10.8 Å². The molecule has 0 saturated carbocycles. The van der Waals surface area contributed by atoms with Gasteiger partial charge in [0.1, 0.15) is 23.7 Å². The van der Waals surface area contributed by atoms with E-state index in [1.807, 2.05) is 11.8 Å². The smallest absolute Gasteiger partial charge is 0.408 e. The zero-order valence-electron chi connectivity index (χ0n) is 26.8. The molecular weight excluding hydrogens is 673 g/mol. The number of nitrogens with two attached hydrogens (primary N) is 2. The lowest BCUT2D eigenvalue weighted by Gasteiger charge is -2.24. The highest BCUT2D eigenvalue weighted by Crippen LogP contribution is 2.33. The summed E-state index contributed by atoms with van der Waals surface area (Å²) >= 11 is 1.81. The fraction of sp³-hybridized carbons (Fsp3) is 0.778. The van der Waals surface area contributed by atoms with Crippen molar-refractivity contribution in [2.75, 3.05) is 23.8 Å². The lowest BCUT2D eigenvalue weighted by Crippen LogP contribution is -2.54. The van der Waals surface area contributed by atoms with Gasteiger partial charge in [-0.05, 0) is 52.0 Å². The van der Waals surface area contributed by atoms with Crippen molar-refractivity contribution in [3.63, 3.8) is 0 Å². The van der Waals surface area contributed by atoms with Gasteiger partial charge < -0.3 is 42.8 Å². The third kappa shape index (κ3) is 15.5. The zero-order valence-corrected chi connectivity index (χ0v) is 29.3. The lowest BCUT2D eigenvalue weighted by atomic mass is 10.0. The van der Waals surface area contributed by atoms with Gasteiger partial charge in [0.05, 0.1) is 12.1 Å². The molecule has 0 spiro atoms. The number of fused-ring (bicyclic) bond motifs is 1. The van der Waals surface area contributed by atoms with Crippen molar-refractivity contribution in [3.05, 3.63) is 10.4 Å². The Morgan fingerprint density at radius 2 is 1.66 bits per heavy atom. The summed E-state index contributed by atoms with van der Waals surface area (Å²) in [6.45, 7) is 5.26. The molecule has 9 N–H and O–H groups in total. The summed E-state index contributed by atoms with van der Waals surface area (Å²) in [5.74, 6) is -1.44. The molecule has 0 radical (unpaired) electrons. The lowest BCUT2D eigenvalue weighted by molar-refractivity contribution is -0.128. The van der Waals surface area contributed by atoms with Crippen molar-refractivity contribution in [1.29, 1.82) is 0 Å². The Morgan fingerprint density at radius 1 is 1.00 bits per heavy atom. The molecule has 0 aliphatic carbocycles. The molecule has 2 heterocycles. The molecule has 264 valence electrons. The molecule has 0 unspecified atom stereocenters. The van der Waals surface area contributed by atoms with Crippen molar-refractivity contribution in [2.24, 2.45) is 16.6 Å². The maximum absolute atomic E-state index is 13.1. The third-order valence-corrected chi connectivity index (χ3v) is 11.0. The number of rotatable bonds is 21. The predicted molar refractivity (Wildman–Crippen MR) is 182 cm³/mol. The van der Waals surface area contributed by atoms with Gasteiger partial charge in [0.25, 0.3) is 0 Å². The molecule has 17 nitrogen and oxygen atoms in total. The highest BCUT2D eigenvalue weighted by atomic mass is 33.1. The molecule has 0 bridgehead atoms. The number of unbranched alkanes of at least 4 members (excludes halogenated alkanes) is 2. The number of ether oxygens (including phenoxy) is 1. The average molecular weight is 719 g/mol. The summed E-state index contributed by atoms with van der Waals surface area (Å²) in [4.78, 5) is 76.2. The summed E-state index contributed by atoms with van der Waals surface area (Å²) in [5.41, 5.74) is 18.7. The number of nitrogens with one attached hydrogen (secondary N) is 5. The van der Waals surface area contributed by atoms with Crippen LogP contribution in [0.15, 0.2) is 5.11 Å². The molecule has 0 aromatic carbocycles. The van der Waals surface area contributed by atoms with E-state index in [9.17, 15) is 28.8 Å². The summed E-state index contributed by atoms with van der Waals surface area (Å²) in [6, 6.07) is -2.98. The van der Waals surface area contributed by atoms with E-state index < -0.39 is 47.5 Å². The minimum absolute atomic E-state index is 0.0399. The number of azide groups is 1. The Labute approximate surface area is 286 Å². The Balaban J connectivity index is 1.78. The van der Waals surface area contributed by atoms with Crippen LogP contribution in [0.4, 0.5) is 9.59 Å². The van der Waals surface area contributed by atoms with Gasteiger partial charge in [-0.15, -0.1) is 0 Å². The first-order chi connectivity index (χ1) is 22.2. The molecule has 0 aromatic rings. The molecule has 2 aliphatic rings. The number of primary amides is 2. The van der Waals surface area contributed by atoms with E-state index >= 15 is 0 Å². The summed E-state index contributed by atoms with van der Waals surface area (Å²) in [7, 11) is 2.33. The number of thioether (sulfide) groups is 1. The minimum atomic E-state index is -1.10. The van der Waals surface area contributed by atoms with Gasteiger partial charge in [-0.25, -0.2) is 9.59 Å². The first-order valence-corrected chi connectivity index (χ1v) is 18.9. The van der Waals surface area contributed by atoms with Gasteiger partial charge in [0, 0.05) is 40.4 Å². The summed E-state index contributed by atoms with van der Waals surface area (Å²) in [6.07, 6.45) is 2.79. The van der Waals surface area contributed by atoms with E-state index in [1.54, 1.807) is 20.8 Å². The predicted octanol–water partition coefficient (Wildman–Crippen LogP) is 1.41. The Morgan fingerprint density at radius 3 is 2.28 bits per heavy atom. The number of hydrogen-bond donors (Lipinski definition) is 7. The molecule has 0 aromatic heterocycles. The average Bonchev–Trinajstić information content (AvgIpc) is 3.53. The number of carbonyl (C=O) groups is 6. The van der Waals surface area contributed by atoms with Crippen LogP contribution in [-0.4, -0.2) is 101 Å². The largest absolute Gasteiger partial charge is 0.444 e. The van der Waals surface area contributed by atoms with Gasteiger partial charge in [-0.2, -0.15) is 11.8 Å². The van der Waals surface area contributed by atoms with Crippen molar-refractivity contribution >= 4 is 69.1 Å². The van der Waals surface area contributed by atoms with E-state index in [0.29, 0.717) is 24.5 Å². The normalized spacial score (nSPS) is 20.3. The third-order valence-electron chi connectivity index (χ3n) is 7.04. The maximum atomic E-state index is 13.1. The Hall–Kier alpha value is -3.22. The minimum Gasteiger partial charge on any atom is -0.444 e. The molecule has 6 atom stereocenters.